The molecule has 0 atom stereocenters. The van der Waals surface area contributed by atoms with Crippen LogP contribution in [0.15, 0.2) is 48.9 Å². The van der Waals surface area contributed by atoms with Gasteiger partial charge in [-0.1, -0.05) is 18.2 Å². The third-order valence-corrected chi connectivity index (χ3v) is 4.48. The number of benzene rings is 1. The SMILES string of the molecule is O=C(Cc1c[nH]c2ccccc12)N1CCN(c2ncccn2)CC1. The van der Waals surface area contributed by atoms with Crippen LogP contribution in [0.25, 0.3) is 10.9 Å². The highest BCUT2D eigenvalue weighted by Gasteiger charge is 2.23. The maximum atomic E-state index is 12.6. The van der Waals surface area contributed by atoms with Crippen LogP contribution in [0.4, 0.5) is 5.95 Å². The predicted octanol–water partition coefficient (Wildman–Crippen LogP) is 1.85. The van der Waals surface area contributed by atoms with Crippen LogP contribution in [0.3, 0.4) is 0 Å². The zero-order valence-electron chi connectivity index (χ0n) is 13.4. The molecule has 1 amide bonds. The van der Waals surface area contributed by atoms with E-state index >= 15 is 0 Å². The van der Waals surface area contributed by atoms with E-state index in [9.17, 15) is 4.79 Å². The van der Waals surface area contributed by atoms with E-state index < -0.39 is 0 Å². The number of H-pyrrole nitrogens is 1. The van der Waals surface area contributed by atoms with Gasteiger partial charge >= 0.3 is 0 Å². The standard InChI is InChI=1S/C18H19N5O/c24-17(12-14-13-21-16-5-2-1-4-15(14)16)22-8-10-23(11-9-22)18-19-6-3-7-20-18/h1-7,13,21H,8-12H2. The van der Waals surface area contributed by atoms with Gasteiger partial charge in [0.15, 0.2) is 0 Å². The number of carbonyl (C=O) groups is 1. The summed E-state index contributed by atoms with van der Waals surface area (Å²) in [5, 5.41) is 1.13. The van der Waals surface area contributed by atoms with E-state index in [4.69, 9.17) is 0 Å². The molecule has 0 saturated carbocycles. The van der Waals surface area contributed by atoms with Crippen LogP contribution in [0, 0.1) is 0 Å². The van der Waals surface area contributed by atoms with Crippen LogP contribution in [0.2, 0.25) is 0 Å². The summed E-state index contributed by atoms with van der Waals surface area (Å²) < 4.78 is 0. The Kier molecular flexibility index (Phi) is 3.86. The van der Waals surface area contributed by atoms with Gasteiger partial charge in [-0.25, -0.2) is 9.97 Å². The van der Waals surface area contributed by atoms with Crippen LogP contribution in [-0.4, -0.2) is 51.9 Å². The molecule has 3 heterocycles. The lowest BCUT2D eigenvalue weighted by Gasteiger charge is -2.34. The smallest absolute Gasteiger partial charge is 0.227 e. The van der Waals surface area contributed by atoms with Gasteiger partial charge in [0.25, 0.3) is 0 Å². The number of rotatable bonds is 3. The zero-order chi connectivity index (χ0) is 16.4. The Morgan fingerprint density at radius 1 is 1.04 bits per heavy atom. The Balaban J connectivity index is 1.40. The Morgan fingerprint density at radius 3 is 2.58 bits per heavy atom. The summed E-state index contributed by atoms with van der Waals surface area (Å²) >= 11 is 0. The van der Waals surface area contributed by atoms with Crippen LogP contribution in [0.5, 0.6) is 0 Å². The lowest BCUT2D eigenvalue weighted by molar-refractivity contribution is -0.130. The molecule has 4 rings (SSSR count). The second-order valence-electron chi connectivity index (χ2n) is 5.95. The minimum Gasteiger partial charge on any atom is -0.361 e. The average Bonchev–Trinajstić information content (AvgIpc) is 3.06. The summed E-state index contributed by atoms with van der Waals surface area (Å²) in [5.74, 6) is 0.912. The van der Waals surface area contributed by atoms with Crippen LogP contribution in [0.1, 0.15) is 5.56 Å². The summed E-state index contributed by atoms with van der Waals surface area (Å²) in [4.78, 5) is 28.4. The number of nitrogens with zero attached hydrogens (tertiary/aromatic N) is 4. The van der Waals surface area contributed by atoms with E-state index in [-0.39, 0.29) is 5.91 Å². The van der Waals surface area contributed by atoms with Crippen molar-refractivity contribution < 1.29 is 4.79 Å². The van der Waals surface area contributed by atoms with Crippen molar-refractivity contribution in [3.05, 3.63) is 54.5 Å². The minimum atomic E-state index is 0.174. The molecule has 1 aliphatic rings. The first-order valence-electron chi connectivity index (χ1n) is 8.16. The fourth-order valence-electron chi connectivity index (χ4n) is 3.16. The van der Waals surface area contributed by atoms with Gasteiger partial charge in [-0.2, -0.15) is 0 Å². The molecule has 1 N–H and O–H groups in total. The van der Waals surface area contributed by atoms with Gasteiger partial charge in [0.2, 0.25) is 11.9 Å². The fourth-order valence-corrected chi connectivity index (χ4v) is 3.16. The van der Waals surface area contributed by atoms with Gasteiger partial charge in [-0.05, 0) is 17.7 Å². The molecular weight excluding hydrogens is 302 g/mol. The number of para-hydroxylation sites is 1. The third-order valence-electron chi connectivity index (χ3n) is 4.48. The quantitative estimate of drug-likeness (QED) is 0.799. The summed E-state index contributed by atoms with van der Waals surface area (Å²) in [5.41, 5.74) is 2.13. The Bertz CT molecular complexity index is 837. The van der Waals surface area contributed by atoms with E-state index in [1.807, 2.05) is 35.4 Å². The predicted molar refractivity (Wildman–Crippen MR) is 92.8 cm³/mol. The Labute approximate surface area is 140 Å². The number of aromatic nitrogens is 3. The fraction of sp³-hybridized carbons (Fsp3) is 0.278. The molecule has 122 valence electrons. The van der Waals surface area contributed by atoms with Crippen molar-refractivity contribution in [1.29, 1.82) is 0 Å². The summed E-state index contributed by atoms with van der Waals surface area (Å²) in [6.45, 7) is 2.95. The van der Waals surface area contributed by atoms with Crippen molar-refractivity contribution in [2.45, 2.75) is 6.42 Å². The zero-order valence-corrected chi connectivity index (χ0v) is 13.4. The number of piperazine rings is 1. The van der Waals surface area contributed by atoms with Crippen molar-refractivity contribution in [3.63, 3.8) is 0 Å². The molecule has 24 heavy (non-hydrogen) atoms. The van der Waals surface area contributed by atoms with Crippen molar-refractivity contribution in [2.24, 2.45) is 0 Å². The highest BCUT2D eigenvalue weighted by atomic mass is 16.2. The molecule has 0 bridgehead atoms. The minimum absolute atomic E-state index is 0.174. The van der Waals surface area contributed by atoms with Gasteiger partial charge in [0.1, 0.15) is 0 Å². The summed E-state index contributed by atoms with van der Waals surface area (Å²) in [7, 11) is 0. The number of hydrogen-bond acceptors (Lipinski definition) is 4. The highest BCUT2D eigenvalue weighted by molar-refractivity contribution is 5.89. The molecule has 0 spiro atoms. The number of carbonyl (C=O) groups excluding carboxylic acids is 1. The molecule has 1 aromatic carbocycles. The van der Waals surface area contributed by atoms with Crippen LogP contribution < -0.4 is 4.90 Å². The van der Waals surface area contributed by atoms with Crippen molar-refractivity contribution >= 4 is 22.8 Å². The molecular formula is C18H19N5O. The normalized spacial score (nSPS) is 15.0. The Hall–Kier alpha value is -2.89. The largest absolute Gasteiger partial charge is 0.361 e. The summed E-state index contributed by atoms with van der Waals surface area (Å²) in [6.07, 6.45) is 5.87. The first-order chi connectivity index (χ1) is 11.8. The number of amides is 1. The molecule has 1 aliphatic heterocycles. The second-order valence-corrected chi connectivity index (χ2v) is 5.95. The van der Waals surface area contributed by atoms with Gasteiger partial charge in [0.05, 0.1) is 6.42 Å². The van der Waals surface area contributed by atoms with E-state index in [2.05, 4.69) is 25.9 Å². The lowest BCUT2D eigenvalue weighted by Crippen LogP contribution is -2.49. The van der Waals surface area contributed by atoms with Crippen LogP contribution >= 0.6 is 0 Å². The molecule has 1 fully saturated rings. The molecule has 6 heteroatoms. The van der Waals surface area contributed by atoms with E-state index in [1.54, 1.807) is 12.4 Å². The van der Waals surface area contributed by atoms with Gasteiger partial charge in [0, 0.05) is 55.7 Å². The molecule has 1 saturated heterocycles. The van der Waals surface area contributed by atoms with E-state index in [0.717, 1.165) is 35.5 Å². The van der Waals surface area contributed by atoms with Crippen LogP contribution in [-0.2, 0) is 11.2 Å². The average molecular weight is 321 g/mol. The lowest BCUT2D eigenvalue weighted by atomic mass is 10.1. The van der Waals surface area contributed by atoms with E-state index in [0.29, 0.717) is 19.5 Å². The number of fused-ring (bicyclic) bond motifs is 1. The summed E-state index contributed by atoms with van der Waals surface area (Å²) in [6, 6.07) is 9.89. The monoisotopic (exact) mass is 321 g/mol. The molecule has 0 aliphatic carbocycles. The highest BCUT2D eigenvalue weighted by Crippen LogP contribution is 2.19. The molecule has 6 nitrogen and oxygen atoms in total. The molecule has 2 aromatic heterocycles. The van der Waals surface area contributed by atoms with Crippen molar-refractivity contribution in [2.75, 3.05) is 31.1 Å². The number of anilines is 1. The Morgan fingerprint density at radius 2 is 1.79 bits per heavy atom. The number of aromatic amines is 1. The topological polar surface area (TPSA) is 65.1 Å². The molecule has 0 unspecified atom stereocenters. The number of nitrogens with one attached hydrogen (secondary N) is 1. The van der Waals surface area contributed by atoms with Gasteiger partial charge in [-0.15, -0.1) is 0 Å². The first kappa shape index (κ1) is 14.7. The van der Waals surface area contributed by atoms with Crippen molar-refractivity contribution in [3.8, 4) is 0 Å². The maximum absolute atomic E-state index is 12.6. The number of hydrogen-bond donors (Lipinski definition) is 1. The van der Waals surface area contributed by atoms with Gasteiger partial charge in [-0.3, -0.25) is 4.79 Å². The third kappa shape index (κ3) is 2.82. The second kappa shape index (κ2) is 6.31. The molecule has 3 aromatic rings. The van der Waals surface area contributed by atoms with Crippen molar-refractivity contribution in [1.82, 2.24) is 19.9 Å². The first-order valence-corrected chi connectivity index (χ1v) is 8.16. The molecule has 0 radical (unpaired) electrons. The van der Waals surface area contributed by atoms with E-state index in [1.165, 1.54) is 0 Å². The van der Waals surface area contributed by atoms with Gasteiger partial charge < -0.3 is 14.8 Å². The maximum Gasteiger partial charge on any atom is 0.227 e.